The summed E-state index contributed by atoms with van der Waals surface area (Å²) in [7, 11) is 0. The van der Waals surface area contributed by atoms with E-state index in [4.69, 9.17) is 4.98 Å². The Morgan fingerprint density at radius 3 is 2.83 bits per heavy atom. The van der Waals surface area contributed by atoms with Gasteiger partial charge < -0.3 is 20.3 Å². The molecule has 29 heavy (non-hydrogen) atoms. The SMILES string of the molecule is CC(C)(C)C1[C@@H](Nc2nc3cc[nH]c(=O)c3c3cnccc23)CCCN1C(=O)O. The standard InChI is InChI=1S/C21H25N5O3/c1-21(2,3)17-15(5-4-10-26(17)20(28)29)25-18-12-6-8-22-11-13(12)16-14(24-18)7-9-23-19(16)27/h6-9,11,15,17H,4-5,10H2,1-3H3,(H,23,27)(H,24,25)(H,28,29)/t15-,17?/m0/s1. The molecule has 3 aromatic rings. The number of nitrogens with one attached hydrogen (secondary N) is 2. The van der Waals surface area contributed by atoms with Crippen LogP contribution in [0.1, 0.15) is 33.6 Å². The predicted molar refractivity (Wildman–Crippen MR) is 112 cm³/mol. The second kappa shape index (κ2) is 7.02. The van der Waals surface area contributed by atoms with Gasteiger partial charge in [0.1, 0.15) is 5.82 Å². The zero-order chi connectivity index (χ0) is 20.8. The van der Waals surface area contributed by atoms with Crippen LogP contribution in [0, 0.1) is 5.41 Å². The van der Waals surface area contributed by atoms with Gasteiger partial charge >= 0.3 is 6.09 Å². The topological polar surface area (TPSA) is 111 Å². The van der Waals surface area contributed by atoms with Gasteiger partial charge in [0.05, 0.1) is 16.9 Å². The van der Waals surface area contributed by atoms with Gasteiger partial charge in [-0.1, -0.05) is 20.8 Å². The molecule has 1 aliphatic heterocycles. The van der Waals surface area contributed by atoms with Gasteiger partial charge in [0.15, 0.2) is 0 Å². The molecule has 0 radical (unpaired) electrons. The minimum absolute atomic E-state index is 0.0943. The predicted octanol–water partition coefficient (Wildman–Crippen LogP) is 3.44. The van der Waals surface area contributed by atoms with E-state index in [1.54, 1.807) is 24.7 Å². The maximum absolute atomic E-state index is 12.4. The highest BCUT2D eigenvalue weighted by molar-refractivity contribution is 6.09. The third kappa shape index (κ3) is 3.39. The zero-order valence-electron chi connectivity index (χ0n) is 16.8. The molecule has 1 fully saturated rings. The van der Waals surface area contributed by atoms with Crippen LogP contribution in [0.4, 0.5) is 10.6 Å². The summed E-state index contributed by atoms with van der Waals surface area (Å²) in [6, 6.07) is 3.30. The van der Waals surface area contributed by atoms with Crippen LogP contribution in [0.5, 0.6) is 0 Å². The highest BCUT2D eigenvalue weighted by atomic mass is 16.4. The maximum atomic E-state index is 12.4. The van der Waals surface area contributed by atoms with Crippen molar-refractivity contribution in [3.8, 4) is 0 Å². The summed E-state index contributed by atoms with van der Waals surface area (Å²) >= 11 is 0. The Bertz CT molecular complexity index is 1130. The first-order valence-corrected chi connectivity index (χ1v) is 9.78. The quantitative estimate of drug-likeness (QED) is 0.573. The normalized spacial score (nSPS) is 20.2. The maximum Gasteiger partial charge on any atom is 0.407 e. The molecule has 1 unspecified atom stereocenters. The molecule has 0 aliphatic carbocycles. The number of carboxylic acid groups (broad SMARTS) is 1. The fourth-order valence-electron chi connectivity index (χ4n) is 4.52. The molecule has 0 aromatic carbocycles. The summed E-state index contributed by atoms with van der Waals surface area (Å²) in [5.41, 5.74) is 0.124. The number of fused-ring (bicyclic) bond motifs is 3. The number of piperidine rings is 1. The van der Waals surface area contributed by atoms with Crippen molar-refractivity contribution in [1.29, 1.82) is 0 Å². The van der Waals surface area contributed by atoms with E-state index >= 15 is 0 Å². The number of aromatic amines is 1. The second-order valence-corrected chi connectivity index (χ2v) is 8.63. The van der Waals surface area contributed by atoms with Crippen molar-refractivity contribution < 1.29 is 9.90 Å². The molecule has 1 saturated heterocycles. The number of anilines is 1. The summed E-state index contributed by atoms with van der Waals surface area (Å²) in [4.78, 5) is 37.4. The monoisotopic (exact) mass is 395 g/mol. The minimum Gasteiger partial charge on any atom is -0.465 e. The lowest BCUT2D eigenvalue weighted by molar-refractivity contribution is 0.0519. The van der Waals surface area contributed by atoms with Gasteiger partial charge in [0, 0.05) is 41.9 Å². The van der Waals surface area contributed by atoms with E-state index in [1.807, 2.05) is 6.07 Å². The van der Waals surface area contributed by atoms with Crippen LogP contribution in [0.25, 0.3) is 21.7 Å². The van der Waals surface area contributed by atoms with Crippen molar-refractivity contribution in [1.82, 2.24) is 19.9 Å². The highest BCUT2D eigenvalue weighted by Gasteiger charge is 2.42. The lowest BCUT2D eigenvalue weighted by Gasteiger charge is -2.47. The summed E-state index contributed by atoms with van der Waals surface area (Å²) in [6.07, 6.45) is 5.64. The van der Waals surface area contributed by atoms with Crippen LogP contribution in [0.2, 0.25) is 0 Å². The van der Waals surface area contributed by atoms with E-state index < -0.39 is 6.09 Å². The second-order valence-electron chi connectivity index (χ2n) is 8.63. The van der Waals surface area contributed by atoms with E-state index in [0.717, 1.165) is 23.6 Å². The molecule has 152 valence electrons. The Hall–Kier alpha value is -3.16. The number of pyridine rings is 3. The lowest BCUT2D eigenvalue weighted by Crippen LogP contribution is -2.58. The number of aromatic nitrogens is 3. The summed E-state index contributed by atoms with van der Waals surface area (Å²) in [5, 5.41) is 15.3. The average Bonchev–Trinajstić information content (AvgIpc) is 2.67. The largest absolute Gasteiger partial charge is 0.465 e. The molecular formula is C21H25N5O3. The van der Waals surface area contributed by atoms with E-state index in [2.05, 4.69) is 36.1 Å². The van der Waals surface area contributed by atoms with Gasteiger partial charge in [-0.15, -0.1) is 0 Å². The molecule has 4 heterocycles. The molecule has 4 rings (SSSR count). The van der Waals surface area contributed by atoms with Crippen LogP contribution in [0.15, 0.2) is 35.5 Å². The first kappa shape index (κ1) is 19.2. The van der Waals surface area contributed by atoms with Crippen molar-refractivity contribution in [2.45, 2.75) is 45.7 Å². The fraction of sp³-hybridized carbons (Fsp3) is 0.429. The van der Waals surface area contributed by atoms with E-state index in [1.165, 1.54) is 4.90 Å². The van der Waals surface area contributed by atoms with Crippen molar-refractivity contribution >= 4 is 33.6 Å². The third-order valence-corrected chi connectivity index (χ3v) is 5.60. The molecule has 1 aliphatic rings. The van der Waals surface area contributed by atoms with Crippen molar-refractivity contribution in [2.75, 3.05) is 11.9 Å². The Labute approximate surface area is 168 Å². The first-order chi connectivity index (χ1) is 13.8. The number of rotatable bonds is 2. The molecule has 8 heteroatoms. The number of H-pyrrole nitrogens is 1. The molecule has 1 amide bonds. The lowest BCUT2D eigenvalue weighted by atomic mass is 9.77. The molecule has 8 nitrogen and oxygen atoms in total. The molecule has 0 spiro atoms. The van der Waals surface area contributed by atoms with Gasteiger partial charge in [-0.2, -0.15) is 0 Å². The summed E-state index contributed by atoms with van der Waals surface area (Å²) < 4.78 is 0. The zero-order valence-corrected chi connectivity index (χ0v) is 16.8. The number of likely N-dealkylation sites (tertiary alicyclic amines) is 1. The number of hydrogen-bond acceptors (Lipinski definition) is 5. The van der Waals surface area contributed by atoms with Crippen LogP contribution >= 0.6 is 0 Å². The number of nitrogens with zero attached hydrogens (tertiary/aromatic N) is 3. The van der Waals surface area contributed by atoms with Gasteiger partial charge in [0.2, 0.25) is 0 Å². The minimum atomic E-state index is -0.900. The molecular weight excluding hydrogens is 370 g/mol. The van der Waals surface area contributed by atoms with Crippen LogP contribution < -0.4 is 10.9 Å². The molecule has 3 N–H and O–H groups in total. The average molecular weight is 395 g/mol. The fourth-order valence-corrected chi connectivity index (χ4v) is 4.52. The number of hydrogen-bond donors (Lipinski definition) is 3. The molecule has 0 bridgehead atoms. The summed E-state index contributed by atoms with van der Waals surface area (Å²) in [6.45, 7) is 6.70. The number of amides is 1. The van der Waals surface area contributed by atoms with E-state index in [0.29, 0.717) is 23.3 Å². The van der Waals surface area contributed by atoms with Crippen LogP contribution in [0.3, 0.4) is 0 Å². The van der Waals surface area contributed by atoms with Gasteiger partial charge in [-0.3, -0.25) is 9.78 Å². The van der Waals surface area contributed by atoms with Crippen molar-refractivity contribution in [2.24, 2.45) is 5.41 Å². The highest BCUT2D eigenvalue weighted by Crippen LogP contribution is 2.35. The third-order valence-electron chi connectivity index (χ3n) is 5.60. The first-order valence-electron chi connectivity index (χ1n) is 9.78. The van der Waals surface area contributed by atoms with Gasteiger partial charge in [-0.25, -0.2) is 9.78 Å². The van der Waals surface area contributed by atoms with Crippen molar-refractivity contribution in [3.63, 3.8) is 0 Å². The van der Waals surface area contributed by atoms with Crippen LogP contribution in [-0.4, -0.2) is 49.7 Å². The van der Waals surface area contributed by atoms with Crippen LogP contribution in [-0.2, 0) is 0 Å². The van der Waals surface area contributed by atoms with Gasteiger partial charge in [0.25, 0.3) is 5.56 Å². The Morgan fingerprint density at radius 1 is 1.31 bits per heavy atom. The smallest absolute Gasteiger partial charge is 0.407 e. The molecule has 0 saturated carbocycles. The number of carbonyl (C=O) groups is 1. The Balaban J connectivity index is 1.84. The summed E-state index contributed by atoms with van der Waals surface area (Å²) in [5.74, 6) is 0.645. The Kier molecular flexibility index (Phi) is 4.64. The van der Waals surface area contributed by atoms with Crippen molar-refractivity contribution in [3.05, 3.63) is 41.1 Å². The molecule has 2 atom stereocenters. The Morgan fingerprint density at radius 2 is 2.10 bits per heavy atom. The van der Waals surface area contributed by atoms with E-state index in [-0.39, 0.29) is 23.1 Å². The van der Waals surface area contributed by atoms with E-state index in [9.17, 15) is 14.7 Å². The molecule has 3 aromatic heterocycles. The van der Waals surface area contributed by atoms with Gasteiger partial charge in [-0.05, 0) is 30.4 Å².